The molecule has 2 unspecified atom stereocenters. The van der Waals surface area contributed by atoms with E-state index >= 15 is 4.39 Å². The van der Waals surface area contributed by atoms with Gasteiger partial charge in [0.2, 0.25) is 10.0 Å². The fraction of sp³-hybridized carbons (Fsp3) is 0.300. The van der Waals surface area contributed by atoms with E-state index in [1.165, 1.54) is 36.4 Å². The van der Waals surface area contributed by atoms with Gasteiger partial charge in [-0.05, 0) is 48.9 Å². The largest absolute Gasteiger partial charge is 0.323 e. The number of hydrogen-bond donors (Lipinski definition) is 3. The van der Waals surface area contributed by atoms with E-state index in [0.717, 1.165) is 0 Å². The minimum Gasteiger partial charge on any atom is -0.323 e. The van der Waals surface area contributed by atoms with Crippen LogP contribution in [0.3, 0.4) is 0 Å². The van der Waals surface area contributed by atoms with Crippen LogP contribution in [0.2, 0.25) is 0 Å². The Morgan fingerprint density at radius 2 is 1.80 bits per heavy atom. The van der Waals surface area contributed by atoms with Gasteiger partial charge in [-0.2, -0.15) is 0 Å². The summed E-state index contributed by atoms with van der Waals surface area (Å²) in [5.41, 5.74) is -0.904. The second-order valence-corrected chi connectivity index (χ2v) is 9.16. The SMILES string of the molecule is NS(=O)(=O)c1ccc(-c2ccc(F)cc2)c(F)c1CC1CCCC12NC(=O)NC2=O. The summed E-state index contributed by atoms with van der Waals surface area (Å²) in [5.74, 6) is -2.30. The molecular formula is C20H19F2N3O4S. The molecule has 1 aliphatic carbocycles. The summed E-state index contributed by atoms with van der Waals surface area (Å²) in [6.07, 6.45) is 1.37. The van der Waals surface area contributed by atoms with Crippen molar-refractivity contribution in [3.8, 4) is 11.1 Å². The third-order valence-corrected chi connectivity index (χ3v) is 6.90. The van der Waals surface area contributed by atoms with Gasteiger partial charge in [-0.3, -0.25) is 10.1 Å². The quantitative estimate of drug-likeness (QED) is 0.638. The zero-order chi connectivity index (χ0) is 21.7. The van der Waals surface area contributed by atoms with Crippen molar-refractivity contribution in [2.24, 2.45) is 11.1 Å². The maximum absolute atomic E-state index is 15.6. The number of nitrogens with two attached hydrogens (primary N) is 1. The van der Waals surface area contributed by atoms with Crippen LogP contribution in [0, 0.1) is 17.6 Å². The lowest BCUT2D eigenvalue weighted by atomic mass is 9.82. The summed E-state index contributed by atoms with van der Waals surface area (Å²) in [7, 11) is -4.25. The van der Waals surface area contributed by atoms with Crippen molar-refractivity contribution in [3.05, 3.63) is 53.6 Å². The van der Waals surface area contributed by atoms with Gasteiger partial charge in [0.25, 0.3) is 5.91 Å². The zero-order valence-corrected chi connectivity index (χ0v) is 16.6. The molecule has 30 heavy (non-hydrogen) atoms. The molecule has 2 aromatic carbocycles. The number of carbonyl (C=O) groups is 2. The van der Waals surface area contributed by atoms with Crippen LogP contribution in [-0.4, -0.2) is 25.9 Å². The lowest BCUT2D eigenvalue weighted by Gasteiger charge is -2.29. The molecule has 2 aliphatic rings. The predicted molar refractivity (Wildman–Crippen MR) is 104 cm³/mol. The highest BCUT2D eigenvalue weighted by molar-refractivity contribution is 7.89. The van der Waals surface area contributed by atoms with Crippen LogP contribution in [0.15, 0.2) is 41.3 Å². The molecule has 1 spiro atoms. The van der Waals surface area contributed by atoms with Crippen molar-refractivity contribution < 1.29 is 26.8 Å². The maximum Gasteiger partial charge on any atom is 0.322 e. The highest BCUT2D eigenvalue weighted by atomic mass is 32.2. The topological polar surface area (TPSA) is 118 Å². The zero-order valence-electron chi connectivity index (χ0n) is 15.7. The summed E-state index contributed by atoms with van der Waals surface area (Å²) in [4.78, 5) is 23.8. The van der Waals surface area contributed by atoms with Gasteiger partial charge in [0, 0.05) is 11.1 Å². The van der Waals surface area contributed by atoms with Crippen molar-refractivity contribution in [1.82, 2.24) is 10.6 Å². The fourth-order valence-electron chi connectivity index (χ4n) is 4.48. The van der Waals surface area contributed by atoms with Crippen LogP contribution in [0.4, 0.5) is 13.6 Å². The Kier molecular flexibility index (Phi) is 4.86. The molecule has 1 aliphatic heterocycles. The van der Waals surface area contributed by atoms with Crippen LogP contribution in [0.5, 0.6) is 0 Å². The van der Waals surface area contributed by atoms with Crippen molar-refractivity contribution in [1.29, 1.82) is 0 Å². The van der Waals surface area contributed by atoms with E-state index in [1.807, 2.05) is 0 Å². The number of urea groups is 1. The van der Waals surface area contributed by atoms with Gasteiger partial charge < -0.3 is 5.32 Å². The summed E-state index contributed by atoms with van der Waals surface area (Å²) >= 11 is 0. The monoisotopic (exact) mass is 435 g/mol. The lowest BCUT2D eigenvalue weighted by Crippen LogP contribution is -2.50. The molecule has 2 aromatic rings. The van der Waals surface area contributed by atoms with E-state index in [4.69, 9.17) is 5.14 Å². The Morgan fingerprint density at radius 3 is 2.40 bits per heavy atom. The molecule has 2 atom stereocenters. The number of benzene rings is 2. The molecule has 0 radical (unpaired) electrons. The first kappa shape index (κ1) is 20.4. The minimum absolute atomic E-state index is 0.0874. The van der Waals surface area contributed by atoms with E-state index in [2.05, 4.69) is 10.6 Å². The summed E-state index contributed by atoms with van der Waals surface area (Å²) in [6, 6.07) is 6.98. The third-order valence-electron chi connectivity index (χ3n) is 5.90. The number of halogens is 2. The molecule has 1 heterocycles. The Bertz CT molecular complexity index is 1150. The number of amides is 3. The molecule has 0 bridgehead atoms. The Morgan fingerprint density at radius 1 is 1.10 bits per heavy atom. The summed E-state index contributed by atoms with van der Waals surface area (Å²) in [5, 5.41) is 10.2. The first-order chi connectivity index (χ1) is 14.1. The average molecular weight is 435 g/mol. The molecule has 4 rings (SSSR count). The number of sulfonamides is 1. The summed E-state index contributed by atoms with van der Waals surface area (Å²) < 4.78 is 53.0. The highest BCUT2D eigenvalue weighted by Crippen LogP contribution is 2.42. The minimum atomic E-state index is -4.25. The Hall–Kier alpha value is -2.85. The standard InChI is InChI=1S/C20H19F2N3O4S/c21-13-5-3-11(4-6-13)14-7-8-16(30(23,28)29)15(17(14)22)10-12-2-1-9-20(12)18(26)24-19(27)25-20/h3-8,12H,1-2,9-10H2,(H2,23,28,29)(H2,24,25,26,27). The normalized spacial score (nSPS) is 23.6. The molecular weight excluding hydrogens is 416 g/mol. The van der Waals surface area contributed by atoms with Crippen molar-refractivity contribution >= 4 is 22.0 Å². The van der Waals surface area contributed by atoms with Crippen LogP contribution >= 0.6 is 0 Å². The highest BCUT2D eigenvalue weighted by Gasteiger charge is 2.54. The van der Waals surface area contributed by atoms with Gasteiger partial charge in [0.1, 0.15) is 17.2 Å². The number of primary sulfonamides is 1. The first-order valence-electron chi connectivity index (χ1n) is 9.35. The third kappa shape index (κ3) is 3.35. The van der Waals surface area contributed by atoms with Crippen LogP contribution in [-0.2, 0) is 21.2 Å². The Labute approximate surface area is 171 Å². The summed E-state index contributed by atoms with van der Waals surface area (Å²) in [6.45, 7) is 0. The number of rotatable bonds is 4. The maximum atomic E-state index is 15.6. The number of nitrogens with one attached hydrogen (secondary N) is 2. The molecule has 4 N–H and O–H groups in total. The second kappa shape index (κ2) is 7.13. The van der Waals surface area contributed by atoms with E-state index in [9.17, 15) is 22.4 Å². The molecule has 0 aromatic heterocycles. The number of carbonyl (C=O) groups excluding carboxylic acids is 2. The van der Waals surface area contributed by atoms with Gasteiger partial charge in [-0.25, -0.2) is 27.1 Å². The predicted octanol–water partition coefficient (Wildman–Crippen LogP) is 2.20. The van der Waals surface area contributed by atoms with Crippen LogP contribution in [0.1, 0.15) is 24.8 Å². The molecule has 10 heteroatoms. The van der Waals surface area contributed by atoms with Gasteiger partial charge in [-0.15, -0.1) is 0 Å². The van der Waals surface area contributed by atoms with Gasteiger partial charge in [-0.1, -0.05) is 24.6 Å². The fourth-order valence-corrected chi connectivity index (χ4v) is 5.26. The van der Waals surface area contributed by atoms with E-state index in [1.54, 1.807) is 0 Å². The van der Waals surface area contributed by atoms with Gasteiger partial charge in [0.15, 0.2) is 0 Å². The van der Waals surface area contributed by atoms with Gasteiger partial charge >= 0.3 is 6.03 Å². The molecule has 3 amide bonds. The lowest BCUT2D eigenvalue weighted by molar-refractivity contribution is -0.125. The van der Waals surface area contributed by atoms with E-state index in [-0.39, 0.29) is 22.4 Å². The van der Waals surface area contributed by atoms with E-state index < -0.39 is 45.1 Å². The molecule has 1 saturated carbocycles. The average Bonchev–Trinajstić information content (AvgIpc) is 3.19. The first-order valence-corrected chi connectivity index (χ1v) is 10.9. The number of imide groups is 1. The van der Waals surface area contributed by atoms with Crippen molar-refractivity contribution in [3.63, 3.8) is 0 Å². The van der Waals surface area contributed by atoms with Crippen LogP contribution < -0.4 is 15.8 Å². The smallest absolute Gasteiger partial charge is 0.322 e. The molecule has 7 nitrogen and oxygen atoms in total. The molecule has 2 fully saturated rings. The molecule has 1 saturated heterocycles. The second-order valence-electron chi connectivity index (χ2n) is 7.63. The van der Waals surface area contributed by atoms with E-state index in [0.29, 0.717) is 24.8 Å². The number of hydrogen-bond acceptors (Lipinski definition) is 4. The van der Waals surface area contributed by atoms with Crippen LogP contribution in [0.25, 0.3) is 11.1 Å². The van der Waals surface area contributed by atoms with Crippen molar-refractivity contribution in [2.75, 3.05) is 0 Å². The van der Waals surface area contributed by atoms with Gasteiger partial charge in [0.05, 0.1) is 4.90 Å². The van der Waals surface area contributed by atoms with Crippen molar-refractivity contribution in [2.45, 2.75) is 36.1 Å². The Balaban J connectivity index is 1.81. The molecule has 158 valence electrons.